The third kappa shape index (κ3) is 6.00. The van der Waals surface area contributed by atoms with Crippen molar-refractivity contribution in [1.82, 2.24) is 0 Å². The fraction of sp³-hybridized carbons (Fsp3) is 0. The second-order valence-corrected chi connectivity index (χ2v) is 14.5. The first kappa shape index (κ1) is 28.7. The van der Waals surface area contributed by atoms with Crippen LogP contribution < -0.4 is 31.8 Å². The van der Waals surface area contributed by atoms with Crippen LogP contribution in [-0.4, -0.2) is 4.89 Å². The first-order valence-electron chi connectivity index (χ1n) is 12.5. The Labute approximate surface area is 242 Å². The van der Waals surface area contributed by atoms with E-state index in [1.54, 1.807) is 0 Å². The largest absolute Gasteiger partial charge is 0.747 e. The van der Waals surface area contributed by atoms with Gasteiger partial charge in [-0.1, -0.05) is 97.1 Å². The summed E-state index contributed by atoms with van der Waals surface area (Å²) in [6.07, 6.45) is 0. The monoisotopic (exact) mass is 587 g/mol. The van der Waals surface area contributed by atoms with Gasteiger partial charge in [-0.3, -0.25) is 0 Å². The molecule has 0 unspecified atom stereocenters. The van der Waals surface area contributed by atoms with E-state index in [1.165, 1.54) is 0 Å². The van der Waals surface area contributed by atoms with E-state index in [4.69, 9.17) is 0 Å². The molecular weight excluding hydrogens is 558 g/mol. The van der Waals surface area contributed by atoms with Gasteiger partial charge in [-0.15, -0.1) is 12.1 Å². The second kappa shape index (κ2) is 13.2. The van der Waals surface area contributed by atoms with Crippen LogP contribution in [-0.2, 0) is 21.6 Å². The van der Waals surface area contributed by atoms with E-state index in [9.17, 15) is 9.46 Å². The fourth-order valence-corrected chi connectivity index (χ4v) is 9.99. The molecule has 1 N–H and O–H groups in total. The van der Waals surface area contributed by atoms with Gasteiger partial charge in [0, 0.05) is 22.4 Å². The van der Waals surface area contributed by atoms with Crippen LogP contribution in [0.1, 0.15) is 0 Å². The van der Waals surface area contributed by atoms with Crippen molar-refractivity contribution in [3.63, 3.8) is 0 Å². The summed E-state index contributed by atoms with van der Waals surface area (Å²) in [5.41, 5.74) is 0. The Kier molecular flexibility index (Phi) is 9.71. The third-order valence-electron chi connectivity index (χ3n) is 6.53. The van der Waals surface area contributed by atoms with Gasteiger partial charge < -0.3 is 34.1 Å². The molecule has 0 fully saturated rings. The van der Waals surface area contributed by atoms with E-state index in [2.05, 4.69) is 0 Å². The van der Waals surface area contributed by atoms with Crippen molar-refractivity contribution in [1.29, 1.82) is 0 Å². The molecule has 0 amide bonds. The molecule has 5 heteroatoms. The maximum atomic E-state index is 13.7. The second-order valence-electron chi connectivity index (χ2n) is 8.87. The maximum absolute atomic E-state index is 13.7. The van der Waals surface area contributed by atoms with Crippen molar-refractivity contribution in [3.8, 4) is 0 Å². The molecule has 2 nitrogen and oxygen atoms in total. The van der Waals surface area contributed by atoms with Crippen LogP contribution in [0.4, 0.5) is 0 Å². The summed E-state index contributed by atoms with van der Waals surface area (Å²) in [6, 6.07) is 55.1. The summed E-state index contributed by atoms with van der Waals surface area (Å²) in [7, 11) is -5.21. The van der Waals surface area contributed by atoms with Crippen molar-refractivity contribution < 1.29 is 26.5 Å². The minimum atomic E-state index is -2.73. The molecule has 6 aromatic carbocycles. The molecule has 0 aliphatic rings. The SMILES string of the molecule is O=P(c1ccccc1)(c1ccccc1)[c-]1[cH-][cH-][cH-][cH-]1.O[P+](c1ccccc1)(c1ccccc1)[c-]1cccc1.[Fe]. The smallest absolute Gasteiger partial charge is 0.190 e. The molecule has 39 heavy (non-hydrogen) atoms. The Hall–Kier alpha value is -3.28. The van der Waals surface area contributed by atoms with Crippen molar-refractivity contribution in [3.05, 3.63) is 170 Å². The van der Waals surface area contributed by atoms with E-state index in [-0.39, 0.29) is 17.1 Å². The molecule has 0 radical (unpaired) electrons. The number of benzene rings is 4. The van der Waals surface area contributed by atoms with E-state index in [1.807, 2.05) is 170 Å². The van der Waals surface area contributed by atoms with Gasteiger partial charge in [0.05, 0.1) is 0 Å². The van der Waals surface area contributed by atoms with Gasteiger partial charge in [0.25, 0.3) is 0 Å². The first-order chi connectivity index (χ1) is 18.6. The van der Waals surface area contributed by atoms with Crippen LogP contribution >= 0.6 is 14.6 Å². The average molecular weight is 587 g/mol. The molecule has 0 saturated heterocycles. The molecule has 6 aromatic rings. The number of hydrogen-bond acceptors (Lipinski definition) is 2. The van der Waals surface area contributed by atoms with Gasteiger partial charge in [-0.05, 0) is 42.0 Å². The Bertz CT molecular complexity index is 1480. The molecule has 0 aromatic heterocycles. The summed E-state index contributed by atoms with van der Waals surface area (Å²) >= 11 is 0. The van der Waals surface area contributed by atoms with Gasteiger partial charge in [0.15, 0.2) is 7.49 Å². The molecule has 0 aliphatic carbocycles. The van der Waals surface area contributed by atoms with E-state index < -0.39 is 14.6 Å². The predicted molar refractivity (Wildman–Crippen MR) is 164 cm³/mol. The zero-order valence-electron chi connectivity index (χ0n) is 21.3. The zero-order chi connectivity index (χ0) is 26.3. The first-order valence-corrected chi connectivity index (χ1v) is 16.0. The van der Waals surface area contributed by atoms with Gasteiger partial charge in [0.1, 0.15) is 10.6 Å². The molecule has 0 heterocycles. The van der Waals surface area contributed by atoms with E-state index in [0.29, 0.717) is 0 Å². The number of rotatable bonds is 6. The van der Waals surface area contributed by atoms with Crippen molar-refractivity contribution in [2.75, 3.05) is 0 Å². The molecule has 6 rings (SSSR count). The minimum absolute atomic E-state index is 0. The quantitative estimate of drug-likeness (QED) is 0.156. The van der Waals surface area contributed by atoms with E-state index >= 15 is 0 Å². The van der Waals surface area contributed by atoms with Gasteiger partial charge in [0.2, 0.25) is 0 Å². The Balaban J connectivity index is 0.000000176. The normalized spacial score (nSPS) is 11.1. The molecular formula is C34H29FeO2P2-5. The summed E-state index contributed by atoms with van der Waals surface area (Å²) in [5, 5.41) is 5.65. The summed E-state index contributed by atoms with van der Waals surface area (Å²) in [5.74, 6) is 0. The third-order valence-corrected chi connectivity index (χ3v) is 12.7. The molecule has 0 atom stereocenters. The molecule has 0 bridgehead atoms. The zero-order valence-corrected chi connectivity index (χ0v) is 24.2. The number of hydrogen-bond donors (Lipinski definition) is 1. The Morgan fingerprint density at radius 2 is 0.923 bits per heavy atom. The van der Waals surface area contributed by atoms with Crippen molar-refractivity contribution in [2.24, 2.45) is 0 Å². The maximum Gasteiger partial charge on any atom is 0.190 e. The van der Waals surface area contributed by atoms with Crippen LogP contribution in [0.2, 0.25) is 0 Å². The topological polar surface area (TPSA) is 37.3 Å². The predicted octanol–water partition coefficient (Wildman–Crippen LogP) is 5.65. The average Bonchev–Trinajstić information content (AvgIpc) is 3.75. The summed E-state index contributed by atoms with van der Waals surface area (Å²) in [4.78, 5) is 11.4. The molecule has 0 spiro atoms. The van der Waals surface area contributed by atoms with Crippen LogP contribution in [0.5, 0.6) is 0 Å². The minimum Gasteiger partial charge on any atom is -0.747 e. The molecule has 200 valence electrons. The van der Waals surface area contributed by atoms with Crippen LogP contribution in [0.15, 0.2) is 170 Å². The van der Waals surface area contributed by atoms with Gasteiger partial charge >= 0.3 is 0 Å². The fourth-order valence-electron chi connectivity index (χ4n) is 4.61. The standard InChI is InChI=1S/C17H15OP.C17H14OP.Fe/c2*18-19(17-13-7-8-14-17,15-9-3-1-4-10-15)16-11-5-2-6-12-16;/h1-14,18H;1-14H;/q;-5;. The van der Waals surface area contributed by atoms with Crippen LogP contribution in [0, 0.1) is 0 Å². The van der Waals surface area contributed by atoms with E-state index in [0.717, 1.165) is 31.8 Å². The van der Waals surface area contributed by atoms with Crippen molar-refractivity contribution >= 4 is 46.5 Å². The van der Waals surface area contributed by atoms with Crippen LogP contribution in [0.25, 0.3) is 0 Å². The van der Waals surface area contributed by atoms with Crippen LogP contribution in [0.3, 0.4) is 0 Å². The summed E-state index contributed by atoms with van der Waals surface area (Å²) in [6.45, 7) is 0. The molecule has 0 aliphatic heterocycles. The van der Waals surface area contributed by atoms with Crippen molar-refractivity contribution in [2.45, 2.75) is 0 Å². The molecule has 0 saturated carbocycles. The van der Waals surface area contributed by atoms with Gasteiger partial charge in [-0.2, -0.15) is 0 Å². The Morgan fingerprint density at radius 1 is 0.564 bits per heavy atom. The van der Waals surface area contributed by atoms with Gasteiger partial charge in [-0.25, -0.2) is 17.0 Å². The summed E-state index contributed by atoms with van der Waals surface area (Å²) < 4.78 is 13.7. The Morgan fingerprint density at radius 3 is 1.31 bits per heavy atom.